The second-order valence-corrected chi connectivity index (χ2v) is 10.7. The summed E-state index contributed by atoms with van der Waals surface area (Å²) in [4.78, 5) is 43.0. The Hall–Kier alpha value is -3.33. The summed E-state index contributed by atoms with van der Waals surface area (Å²) in [6.07, 6.45) is 6.38. The maximum Gasteiger partial charge on any atom is 0.411 e. The van der Waals surface area contributed by atoms with Crippen molar-refractivity contribution in [1.29, 1.82) is 0 Å². The van der Waals surface area contributed by atoms with Gasteiger partial charge in [0.05, 0.1) is 17.8 Å². The third-order valence-electron chi connectivity index (χ3n) is 6.65. The molecule has 1 saturated heterocycles. The van der Waals surface area contributed by atoms with Crippen molar-refractivity contribution >= 4 is 23.5 Å². The molecular weight excluding hydrogens is 463 g/mol. The summed E-state index contributed by atoms with van der Waals surface area (Å²) < 4.78 is 20.2. The van der Waals surface area contributed by atoms with E-state index in [1.54, 1.807) is 39.2 Å². The number of hydrogen-bond donors (Lipinski definition) is 2. The zero-order valence-corrected chi connectivity index (χ0v) is 20.9. The summed E-state index contributed by atoms with van der Waals surface area (Å²) in [5.41, 5.74) is 6.70. The lowest BCUT2D eigenvalue weighted by atomic mass is 9.79. The van der Waals surface area contributed by atoms with E-state index in [4.69, 9.17) is 10.5 Å². The maximum atomic E-state index is 14.8. The fourth-order valence-corrected chi connectivity index (χ4v) is 4.49. The summed E-state index contributed by atoms with van der Waals surface area (Å²) >= 11 is 0. The van der Waals surface area contributed by atoms with Crippen LogP contribution in [-0.4, -0.2) is 45.9 Å². The highest BCUT2D eigenvalue weighted by molar-refractivity contribution is 6.03. The van der Waals surface area contributed by atoms with Gasteiger partial charge < -0.3 is 15.8 Å². The summed E-state index contributed by atoms with van der Waals surface area (Å²) in [6, 6.07) is 7.04. The average Bonchev–Trinajstić information content (AvgIpc) is 3.57. The number of likely N-dealkylation sites (tertiary alicyclic amines) is 1. The number of hydrogen-bond acceptors (Lipinski definition) is 6. The molecule has 1 aromatic carbocycles. The number of carbonyl (C=O) groups excluding carboxylic acids is 3. The molecule has 192 valence electrons. The minimum atomic E-state index is -1.09. The zero-order chi connectivity index (χ0) is 26.1. The van der Waals surface area contributed by atoms with E-state index >= 15 is 0 Å². The lowest BCUT2D eigenvalue weighted by molar-refractivity contribution is -0.121. The third-order valence-corrected chi connectivity index (χ3v) is 6.65. The normalized spacial score (nSPS) is 19.6. The Labute approximate surface area is 210 Å². The monoisotopic (exact) mass is 496 g/mol. The van der Waals surface area contributed by atoms with Gasteiger partial charge in [-0.3, -0.25) is 19.5 Å². The zero-order valence-electron chi connectivity index (χ0n) is 20.9. The number of benzene rings is 1. The number of aromatic nitrogens is 1. The van der Waals surface area contributed by atoms with E-state index in [-0.39, 0.29) is 24.4 Å². The molecule has 1 aliphatic heterocycles. The first kappa shape index (κ1) is 25.8. The number of nitrogens with zero attached hydrogens (tertiary/aromatic N) is 2. The van der Waals surface area contributed by atoms with Crippen LogP contribution in [0.4, 0.5) is 14.9 Å². The van der Waals surface area contributed by atoms with Gasteiger partial charge in [-0.15, -0.1) is 0 Å². The molecule has 36 heavy (non-hydrogen) atoms. The highest BCUT2D eigenvalue weighted by Gasteiger charge is 2.41. The largest absolute Gasteiger partial charge is 0.444 e. The molecule has 2 aliphatic rings. The number of anilines is 1. The molecule has 2 heterocycles. The molecule has 2 fully saturated rings. The molecule has 2 amide bonds. The molecule has 3 N–H and O–H groups in total. The highest BCUT2D eigenvalue weighted by Crippen LogP contribution is 2.40. The smallest absolute Gasteiger partial charge is 0.411 e. The number of halogens is 1. The van der Waals surface area contributed by atoms with E-state index in [1.165, 1.54) is 25.0 Å². The van der Waals surface area contributed by atoms with Crippen molar-refractivity contribution in [2.24, 2.45) is 11.7 Å². The Morgan fingerprint density at radius 2 is 1.86 bits per heavy atom. The minimum absolute atomic E-state index is 0.0590. The number of pyridine rings is 1. The van der Waals surface area contributed by atoms with E-state index in [0.29, 0.717) is 17.9 Å². The Morgan fingerprint density at radius 3 is 2.50 bits per heavy atom. The van der Waals surface area contributed by atoms with Crippen LogP contribution in [0.25, 0.3) is 0 Å². The Morgan fingerprint density at radius 1 is 1.17 bits per heavy atom. The van der Waals surface area contributed by atoms with Gasteiger partial charge in [0.25, 0.3) is 0 Å². The molecule has 0 bridgehead atoms. The van der Waals surface area contributed by atoms with Gasteiger partial charge in [-0.2, -0.15) is 0 Å². The number of ether oxygens (including phenoxy) is 1. The van der Waals surface area contributed by atoms with Crippen LogP contribution in [0, 0.1) is 11.7 Å². The SMILES string of the molecule is CC(C)(C)OC(=O)N1CC(=O)C[C@@H]1C(=O)Nc1cc(C(N)(CCC2CC2)c2ccncc2)ccc1F. The second kappa shape index (κ2) is 9.97. The second-order valence-electron chi connectivity index (χ2n) is 10.7. The van der Waals surface area contributed by atoms with Crippen molar-refractivity contribution in [2.75, 3.05) is 11.9 Å². The standard InChI is InChI=1S/C27H33FN4O4/c1-26(2,3)36-25(35)32-16-20(33)15-23(32)24(34)31-22-14-19(6-7-21(22)28)27(29,11-8-17-4-5-17)18-9-12-30-13-10-18/h6-7,9-10,12-14,17,23H,4-5,8,11,15-16,29H2,1-3H3,(H,31,34)/t23-,27?/m1/s1. The van der Waals surface area contributed by atoms with Crippen LogP contribution in [0.3, 0.4) is 0 Å². The Bertz CT molecular complexity index is 1150. The molecular formula is C27H33FN4O4. The first-order chi connectivity index (χ1) is 17.0. The van der Waals surface area contributed by atoms with Crippen LogP contribution in [0.2, 0.25) is 0 Å². The Kier molecular flexibility index (Phi) is 7.13. The number of nitrogens with two attached hydrogens (primary N) is 1. The molecule has 2 aromatic rings. The van der Waals surface area contributed by atoms with Crippen LogP contribution in [0.15, 0.2) is 42.7 Å². The number of Topliss-reactive ketones (excluding diaryl/α,β-unsaturated/α-hetero) is 1. The van der Waals surface area contributed by atoms with E-state index < -0.39 is 35.0 Å². The van der Waals surface area contributed by atoms with Crippen LogP contribution < -0.4 is 11.1 Å². The van der Waals surface area contributed by atoms with Gasteiger partial charge in [0.2, 0.25) is 5.91 Å². The summed E-state index contributed by atoms with van der Waals surface area (Å²) in [6.45, 7) is 4.86. The van der Waals surface area contributed by atoms with Gasteiger partial charge >= 0.3 is 6.09 Å². The molecule has 0 radical (unpaired) electrons. The van der Waals surface area contributed by atoms with Crippen molar-refractivity contribution < 1.29 is 23.5 Å². The van der Waals surface area contributed by atoms with Crippen molar-refractivity contribution in [2.45, 2.75) is 70.1 Å². The van der Waals surface area contributed by atoms with Crippen LogP contribution in [-0.2, 0) is 19.9 Å². The molecule has 0 spiro atoms. The van der Waals surface area contributed by atoms with E-state index in [2.05, 4.69) is 10.3 Å². The molecule has 1 aliphatic carbocycles. The molecule has 1 aromatic heterocycles. The minimum Gasteiger partial charge on any atom is -0.444 e. The van der Waals surface area contributed by atoms with Crippen molar-refractivity contribution in [3.63, 3.8) is 0 Å². The maximum absolute atomic E-state index is 14.8. The van der Waals surface area contributed by atoms with Crippen LogP contribution >= 0.6 is 0 Å². The van der Waals surface area contributed by atoms with E-state index in [0.717, 1.165) is 16.9 Å². The van der Waals surface area contributed by atoms with Gasteiger partial charge in [-0.1, -0.05) is 18.9 Å². The molecule has 4 rings (SSSR count). The predicted octanol–water partition coefficient (Wildman–Crippen LogP) is 4.13. The van der Waals surface area contributed by atoms with E-state index in [1.807, 2.05) is 12.1 Å². The number of rotatable bonds is 7. The van der Waals surface area contributed by atoms with Gasteiger partial charge in [-0.25, -0.2) is 9.18 Å². The summed E-state index contributed by atoms with van der Waals surface area (Å²) in [7, 11) is 0. The van der Waals surface area contributed by atoms with Crippen LogP contribution in [0.1, 0.15) is 64.0 Å². The van der Waals surface area contributed by atoms with E-state index in [9.17, 15) is 18.8 Å². The number of amides is 2. The molecule has 8 nitrogen and oxygen atoms in total. The number of ketones is 1. The Balaban J connectivity index is 1.58. The topological polar surface area (TPSA) is 115 Å². The number of carbonyl (C=O) groups is 3. The predicted molar refractivity (Wildman–Crippen MR) is 133 cm³/mol. The molecule has 9 heteroatoms. The highest BCUT2D eigenvalue weighted by atomic mass is 19.1. The lowest BCUT2D eigenvalue weighted by Crippen LogP contribution is -2.45. The average molecular weight is 497 g/mol. The first-order valence-electron chi connectivity index (χ1n) is 12.3. The fraction of sp³-hybridized carbons (Fsp3) is 0.481. The fourth-order valence-electron chi connectivity index (χ4n) is 4.49. The first-order valence-corrected chi connectivity index (χ1v) is 12.3. The van der Waals surface area contributed by atoms with Gasteiger partial charge in [-0.05, 0) is 74.9 Å². The van der Waals surface area contributed by atoms with Gasteiger partial charge in [0, 0.05) is 18.8 Å². The molecule has 2 atom stereocenters. The van der Waals surface area contributed by atoms with Gasteiger partial charge in [0.1, 0.15) is 17.5 Å². The third kappa shape index (κ3) is 5.90. The lowest BCUT2D eigenvalue weighted by Gasteiger charge is -2.31. The number of nitrogens with one attached hydrogen (secondary N) is 1. The quantitative estimate of drug-likeness (QED) is 0.596. The van der Waals surface area contributed by atoms with Crippen molar-refractivity contribution in [3.8, 4) is 0 Å². The van der Waals surface area contributed by atoms with Crippen LogP contribution in [0.5, 0.6) is 0 Å². The van der Waals surface area contributed by atoms with Crippen molar-refractivity contribution in [1.82, 2.24) is 9.88 Å². The summed E-state index contributed by atoms with van der Waals surface area (Å²) in [5, 5.41) is 2.58. The van der Waals surface area contributed by atoms with Gasteiger partial charge in [0.15, 0.2) is 5.78 Å². The molecule has 1 saturated carbocycles. The van der Waals surface area contributed by atoms with Crippen molar-refractivity contribution in [3.05, 3.63) is 59.7 Å². The molecule has 1 unspecified atom stereocenters. The summed E-state index contributed by atoms with van der Waals surface area (Å²) in [5.74, 6) is -0.922.